The molecule has 0 fully saturated rings. The molecule has 13 aromatic rings. The molecule has 4 heteroatoms. The Hall–Kier alpha value is -8.08. The van der Waals surface area contributed by atoms with Gasteiger partial charge in [-0.05, 0) is 114 Å². The molecule has 14 rings (SSSR count). The van der Waals surface area contributed by atoms with Gasteiger partial charge in [0, 0.05) is 27.0 Å². The maximum Gasteiger partial charge on any atom is 0.221 e. The summed E-state index contributed by atoms with van der Waals surface area (Å²) in [6.45, 7) is 4.74. The Bertz CT molecular complexity index is 4070. The third-order valence-corrected chi connectivity index (χ3v) is 14.1. The zero-order chi connectivity index (χ0) is 41.6. The molecule has 0 radical (unpaired) electrons. The Balaban J connectivity index is 1.09. The molecule has 1 aliphatic carbocycles. The highest BCUT2D eigenvalue weighted by Crippen LogP contribution is 2.52. The molecule has 0 aliphatic heterocycles. The van der Waals surface area contributed by atoms with Crippen molar-refractivity contribution in [3.8, 4) is 39.3 Å². The van der Waals surface area contributed by atoms with Crippen molar-refractivity contribution in [3.05, 3.63) is 205 Å². The fourth-order valence-electron chi connectivity index (χ4n) is 11.3. The molecule has 0 atom stereocenters. The molecule has 1 aliphatic rings. The number of benzene rings is 10. The second-order valence-corrected chi connectivity index (χ2v) is 17.7. The molecule has 0 saturated heterocycles. The van der Waals surface area contributed by atoms with E-state index in [2.05, 4.69) is 217 Å². The lowest BCUT2D eigenvalue weighted by Crippen LogP contribution is -2.14. The number of aromatic nitrogens is 4. The summed E-state index contributed by atoms with van der Waals surface area (Å²) in [4.78, 5) is 10.7. The molecule has 0 spiro atoms. The van der Waals surface area contributed by atoms with Crippen LogP contribution in [-0.4, -0.2) is 18.9 Å². The normalized spacial score (nSPS) is 13.4. The predicted molar refractivity (Wildman–Crippen MR) is 263 cm³/mol. The lowest BCUT2D eigenvalue weighted by molar-refractivity contribution is 0.660. The van der Waals surface area contributed by atoms with Gasteiger partial charge in [-0.15, -0.1) is 0 Å². The summed E-state index contributed by atoms with van der Waals surface area (Å²) in [5, 5.41) is 10.7. The van der Waals surface area contributed by atoms with Gasteiger partial charge in [-0.3, -0.25) is 8.97 Å². The summed E-state index contributed by atoms with van der Waals surface area (Å²) in [7, 11) is 0. The minimum Gasteiger partial charge on any atom is -0.278 e. The molecule has 0 amide bonds. The van der Waals surface area contributed by atoms with Gasteiger partial charge in [-0.25, -0.2) is 9.97 Å². The van der Waals surface area contributed by atoms with Crippen LogP contribution in [-0.2, 0) is 5.41 Å². The SMILES string of the molecule is CC1(C)c2ccccc2-c2ccc(-c3c4ccccc4c(-c4cc5c6ccccc6n(-c6nc7ccccc7c7nc8ccccc8n67)c5c5ccccc45)c4ccccc34)cc21. The molecule has 3 heterocycles. The maximum atomic E-state index is 5.50. The third kappa shape index (κ3) is 4.59. The summed E-state index contributed by atoms with van der Waals surface area (Å²) < 4.78 is 4.64. The van der Waals surface area contributed by atoms with Gasteiger partial charge >= 0.3 is 0 Å². The molecular formula is C59H38N4. The first-order valence-electron chi connectivity index (χ1n) is 21.8. The van der Waals surface area contributed by atoms with Crippen LogP contribution in [0.2, 0.25) is 0 Å². The Morgan fingerprint density at radius 3 is 1.68 bits per heavy atom. The third-order valence-electron chi connectivity index (χ3n) is 14.1. The monoisotopic (exact) mass is 802 g/mol. The quantitative estimate of drug-likeness (QED) is 0.167. The topological polar surface area (TPSA) is 35.1 Å². The van der Waals surface area contributed by atoms with E-state index in [1.54, 1.807) is 0 Å². The van der Waals surface area contributed by atoms with Crippen LogP contribution in [0, 0.1) is 0 Å². The van der Waals surface area contributed by atoms with Crippen LogP contribution in [0.25, 0.3) is 121 Å². The highest BCUT2D eigenvalue weighted by atomic mass is 15.2. The molecule has 4 nitrogen and oxygen atoms in total. The van der Waals surface area contributed by atoms with Gasteiger partial charge in [0.25, 0.3) is 0 Å². The van der Waals surface area contributed by atoms with Crippen molar-refractivity contribution in [2.75, 3.05) is 0 Å². The molecule has 0 saturated carbocycles. The van der Waals surface area contributed by atoms with Gasteiger partial charge < -0.3 is 0 Å². The highest BCUT2D eigenvalue weighted by molar-refractivity contribution is 6.28. The number of nitrogens with zero attached hydrogens (tertiary/aromatic N) is 4. The van der Waals surface area contributed by atoms with Crippen molar-refractivity contribution >= 4 is 81.7 Å². The lowest BCUT2D eigenvalue weighted by atomic mass is 9.80. The van der Waals surface area contributed by atoms with E-state index in [1.165, 1.54) is 87.6 Å². The van der Waals surface area contributed by atoms with E-state index in [0.717, 1.165) is 44.6 Å². The number of fused-ring (bicyclic) bond motifs is 15. The van der Waals surface area contributed by atoms with Crippen LogP contribution in [0.1, 0.15) is 25.0 Å². The van der Waals surface area contributed by atoms with Crippen LogP contribution < -0.4 is 0 Å². The van der Waals surface area contributed by atoms with Crippen molar-refractivity contribution in [2.45, 2.75) is 19.3 Å². The lowest BCUT2D eigenvalue weighted by Gasteiger charge is -2.23. The molecule has 63 heavy (non-hydrogen) atoms. The van der Waals surface area contributed by atoms with Crippen LogP contribution in [0.5, 0.6) is 0 Å². The van der Waals surface area contributed by atoms with Crippen molar-refractivity contribution in [1.29, 1.82) is 0 Å². The van der Waals surface area contributed by atoms with Crippen LogP contribution in [0.15, 0.2) is 194 Å². The van der Waals surface area contributed by atoms with Gasteiger partial charge in [0.05, 0.1) is 27.6 Å². The fraction of sp³-hybridized carbons (Fsp3) is 0.0508. The number of imidazole rings is 1. The van der Waals surface area contributed by atoms with E-state index >= 15 is 0 Å². The van der Waals surface area contributed by atoms with E-state index < -0.39 is 0 Å². The van der Waals surface area contributed by atoms with Crippen molar-refractivity contribution in [1.82, 2.24) is 18.9 Å². The fourth-order valence-corrected chi connectivity index (χ4v) is 11.3. The molecule has 10 aromatic carbocycles. The molecule has 0 N–H and O–H groups in total. The smallest absolute Gasteiger partial charge is 0.221 e. The average Bonchev–Trinajstić information content (AvgIpc) is 3.96. The van der Waals surface area contributed by atoms with Crippen LogP contribution >= 0.6 is 0 Å². The zero-order valence-electron chi connectivity index (χ0n) is 34.8. The Kier molecular flexibility index (Phi) is 6.87. The summed E-state index contributed by atoms with van der Waals surface area (Å²) in [5.41, 5.74) is 16.4. The minimum absolute atomic E-state index is 0.0971. The van der Waals surface area contributed by atoms with Crippen molar-refractivity contribution in [3.63, 3.8) is 0 Å². The molecule has 294 valence electrons. The van der Waals surface area contributed by atoms with Gasteiger partial charge in [0.1, 0.15) is 5.65 Å². The maximum absolute atomic E-state index is 5.50. The van der Waals surface area contributed by atoms with Crippen molar-refractivity contribution < 1.29 is 0 Å². The number of hydrogen-bond donors (Lipinski definition) is 0. The first-order chi connectivity index (χ1) is 31.0. The van der Waals surface area contributed by atoms with E-state index in [0.29, 0.717) is 0 Å². The van der Waals surface area contributed by atoms with Gasteiger partial charge in [-0.1, -0.05) is 166 Å². The molecule has 3 aromatic heterocycles. The first-order valence-corrected chi connectivity index (χ1v) is 21.8. The standard InChI is InChI=1S/C59H38N4/c1-59(2)48-26-12-9-18-37(48)38-32-31-35(33-49(38)59)54-40-20-4-6-22-42(40)55(43-23-7-5-21-41(43)54)46-34-47-39-19-11-15-29-52(39)62(56(47)44-24-8-3-17-36(44)46)58-61-50-27-13-10-25-45(50)57-60-51-28-14-16-30-53(51)63(57)58/h3-34H,1-2H3. The van der Waals surface area contributed by atoms with Crippen LogP contribution in [0.3, 0.4) is 0 Å². The highest BCUT2D eigenvalue weighted by Gasteiger charge is 2.35. The summed E-state index contributed by atoms with van der Waals surface area (Å²) >= 11 is 0. The Morgan fingerprint density at radius 2 is 0.937 bits per heavy atom. The average molecular weight is 803 g/mol. The second kappa shape index (κ2) is 12.5. The van der Waals surface area contributed by atoms with Gasteiger partial charge in [0.15, 0.2) is 0 Å². The summed E-state index contributed by atoms with van der Waals surface area (Å²) in [5.74, 6) is 0.822. The van der Waals surface area contributed by atoms with E-state index in [-0.39, 0.29) is 5.41 Å². The molecule has 0 bridgehead atoms. The van der Waals surface area contributed by atoms with E-state index in [4.69, 9.17) is 9.97 Å². The Labute approximate surface area is 362 Å². The van der Waals surface area contributed by atoms with Gasteiger partial charge in [-0.2, -0.15) is 0 Å². The molecule has 0 unspecified atom stereocenters. The Morgan fingerprint density at radius 1 is 0.381 bits per heavy atom. The molecular weight excluding hydrogens is 765 g/mol. The van der Waals surface area contributed by atoms with Crippen molar-refractivity contribution in [2.24, 2.45) is 0 Å². The van der Waals surface area contributed by atoms with Crippen LogP contribution in [0.4, 0.5) is 0 Å². The van der Waals surface area contributed by atoms with E-state index in [1.807, 2.05) is 0 Å². The number of rotatable bonds is 3. The predicted octanol–water partition coefficient (Wildman–Crippen LogP) is 15.2. The van der Waals surface area contributed by atoms with E-state index in [9.17, 15) is 0 Å². The summed E-state index contributed by atoms with van der Waals surface area (Å²) in [6.07, 6.45) is 0. The van der Waals surface area contributed by atoms with Gasteiger partial charge in [0.2, 0.25) is 5.95 Å². The first kappa shape index (κ1) is 34.6. The summed E-state index contributed by atoms with van der Waals surface area (Å²) in [6, 6.07) is 71.2. The second-order valence-electron chi connectivity index (χ2n) is 17.7. The number of para-hydroxylation sites is 4. The zero-order valence-corrected chi connectivity index (χ0v) is 34.8. The number of hydrogen-bond acceptors (Lipinski definition) is 2. The largest absolute Gasteiger partial charge is 0.278 e. The minimum atomic E-state index is -0.0971.